The lowest BCUT2D eigenvalue weighted by atomic mass is 9.90. The minimum atomic E-state index is -0.243. The zero-order valence-corrected chi connectivity index (χ0v) is 17.2. The van der Waals surface area contributed by atoms with E-state index in [1.807, 2.05) is 29.8 Å². The summed E-state index contributed by atoms with van der Waals surface area (Å²) >= 11 is 0. The van der Waals surface area contributed by atoms with Crippen LogP contribution in [0.3, 0.4) is 0 Å². The van der Waals surface area contributed by atoms with Crippen molar-refractivity contribution in [3.8, 4) is 5.75 Å². The molecule has 0 radical (unpaired) electrons. The van der Waals surface area contributed by atoms with Crippen LogP contribution in [0.2, 0.25) is 0 Å². The van der Waals surface area contributed by atoms with E-state index in [4.69, 9.17) is 4.74 Å². The third-order valence-corrected chi connectivity index (χ3v) is 6.07. The van der Waals surface area contributed by atoms with Crippen LogP contribution >= 0.6 is 0 Å². The number of carbonyl (C=O) groups excluding carboxylic acids is 1. The summed E-state index contributed by atoms with van der Waals surface area (Å²) in [6, 6.07) is 6.10. The fourth-order valence-corrected chi connectivity index (χ4v) is 4.22. The highest BCUT2D eigenvalue weighted by atomic mass is 16.5. The minimum Gasteiger partial charge on any atom is -0.493 e. The summed E-state index contributed by atoms with van der Waals surface area (Å²) < 4.78 is 7.92. The Morgan fingerprint density at radius 2 is 2.00 bits per heavy atom. The molecule has 2 fully saturated rings. The van der Waals surface area contributed by atoms with Crippen molar-refractivity contribution in [2.45, 2.75) is 57.9 Å². The van der Waals surface area contributed by atoms with Gasteiger partial charge in [-0.2, -0.15) is 0 Å². The molecule has 0 spiro atoms. The van der Waals surface area contributed by atoms with Crippen LogP contribution in [-0.4, -0.2) is 40.6 Å². The number of anilines is 1. The number of piperidine rings is 1. The SMILES string of the molecule is Cc1ccc(NC(=O)c2cn(C3CCNCC3)nn2)cc1OCC1CCCCC1. The van der Waals surface area contributed by atoms with Gasteiger partial charge in [0.25, 0.3) is 5.91 Å². The number of ether oxygens (including phenoxy) is 1. The Hall–Kier alpha value is -2.41. The van der Waals surface area contributed by atoms with E-state index in [9.17, 15) is 4.79 Å². The number of benzene rings is 1. The lowest BCUT2D eigenvalue weighted by molar-refractivity contribution is 0.102. The summed E-state index contributed by atoms with van der Waals surface area (Å²) in [5.41, 5.74) is 2.14. The first kappa shape index (κ1) is 19.9. The fraction of sp³-hybridized carbons (Fsp3) is 0.591. The molecule has 1 aliphatic carbocycles. The normalized spacial score (nSPS) is 18.5. The molecule has 0 bridgehead atoms. The van der Waals surface area contributed by atoms with E-state index in [1.165, 1.54) is 32.1 Å². The number of aromatic nitrogens is 3. The molecule has 7 heteroatoms. The maximum atomic E-state index is 12.6. The van der Waals surface area contributed by atoms with Crippen LogP contribution in [0.1, 0.15) is 67.0 Å². The number of nitrogens with one attached hydrogen (secondary N) is 2. The van der Waals surface area contributed by atoms with E-state index in [0.717, 1.165) is 49.5 Å². The Labute approximate surface area is 172 Å². The van der Waals surface area contributed by atoms with Gasteiger partial charge in [-0.25, -0.2) is 4.68 Å². The molecule has 2 N–H and O–H groups in total. The monoisotopic (exact) mass is 397 g/mol. The van der Waals surface area contributed by atoms with Crippen LogP contribution in [0.15, 0.2) is 24.4 Å². The molecule has 1 aromatic heterocycles. The Balaban J connectivity index is 1.37. The van der Waals surface area contributed by atoms with Crippen molar-refractivity contribution in [3.63, 3.8) is 0 Å². The molecule has 1 aliphatic heterocycles. The van der Waals surface area contributed by atoms with Crippen molar-refractivity contribution in [2.75, 3.05) is 25.0 Å². The van der Waals surface area contributed by atoms with E-state index >= 15 is 0 Å². The standard InChI is InChI=1S/C22H31N5O2/c1-16-7-8-18(13-21(16)29-15-17-5-3-2-4-6-17)24-22(28)20-14-27(26-25-20)19-9-11-23-12-10-19/h7-8,13-14,17,19,23H,2-6,9-12,15H2,1H3,(H,24,28). The number of carbonyl (C=O) groups is 1. The predicted octanol–water partition coefficient (Wildman–Crippen LogP) is 3.72. The molecule has 2 aliphatic rings. The van der Waals surface area contributed by atoms with Gasteiger partial charge in [-0.3, -0.25) is 4.79 Å². The van der Waals surface area contributed by atoms with Crippen LogP contribution in [0.4, 0.5) is 5.69 Å². The number of amides is 1. The highest BCUT2D eigenvalue weighted by Crippen LogP contribution is 2.27. The lowest BCUT2D eigenvalue weighted by Gasteiger charge is -2.22. The van der Waals surface area contributed by atoms with Gasteiger partial charge in [0.15, 0.2) is 5.69 Å². The van der Waals surface area contributed by atoms with Crippen LogP contribution in [0, 0.1) is 12.8 Å². The van der Waals surface area contributed by atoms with Crippen molar-refractivity contribution in [2.24, 2.45) is 5.92 Å². The second-order valence-electron chi connectivity index (χ2n) is 8.31. The lowest BCUT2D eigenvalue weighted by Crippen LogP contribution is -2.29. The van der Waals surface area contributed by atoms with Gasteiger partial charge in [-0.1, -0.05) is 30.5 Å². The van der Waals surface area contributed by atoms with E-state index in [1.54, 1.807) is 6.20 Å². The summed E-state index contributed by atoms with van der Waals surface area (Å²) in [7, 11) is 0. The topological polar surface area (TPSA) is 81.1 Å². The van der Waals surface area contributed by atoms with Crippen LogP contribution in [0.25, 0.3) is 0 Å². The molecule has 2 heterocycles. The molecule has 1 saturated carbocycles. The zero-order chi connectivity index (χ0) is 20.1. The van der Waals surface area contributed by atoms with Gasteiger partial charge < -0.3 is 15.4 Å². The largest absolute Gasteiger partial charge is 0.493 e. The molecule has 0 atom stereocenters. The van der Waals surface area contributed by atoms with E-state index in [2.05, 4.69) is 20.9 Å². The maximum absolute atomic E-state index is 12.6. The number of nitrogens with zero attached hydrogens (tertiary/aromatic N) is 3. The molecule has 1 aromatic carbocycles. The third kappa shape index (κ3) is 5.15. The van der Waals surface area contributed by atoms with Gasteiger partial charge >= 0.3 is 0 Å². The van der Waals surface area contributed by atoms with Crippen LogP contribution < -0.4 is 15.4 Å². The first-order valence-electron chi connectivity index (χ1n) is 10.9. The van der Waals surface area contributed by atoms with Crippen molar-refractivity contribution < 1.29 is 9.53 Å². The number of rotatable bonds is 6. The highest BCUT2D eigenvalue weighted by molar-refractivity contribution is 6.02. The predicted molar refractivity (Wildman–Crippen MR) is 112 cm³/mol. The molecule has 7 nitrogen and oxygen atoms in total. The molecule has 1 amide bonds. The average Bonchev–Trinajstić information content (AvgIpc) is 3.26. The Kier molecular flexibility index (Phi) is 6.44. The molecule has 156 valence electrons. The fourth-order valence-electron chi connectivity index (χ4n) is 4.22. The maximum Gasteiger partial charge on any atom is 0.277 e. The quantitative estimate of drug-likeness (QED) is 0.776. The van der Waals surface area contributed by atoms with Crippen molar-refractivity contribution in [1.82, 2.24) is 20.3 Å². The molecular weight excluding hydrogens is 366 g/mol. The molecule has 2 aromatic rings. The Bertz CT molecular complexity index is 822. The van der Waals surface area contributed by atoms with Gasteiger partial charge in [0, 0.05) is 11.8 Å². The molecular formula is C22H31N5O2. The summed E-state index contributed by atoms with van der Waals surface area (Å²) in [5.74, 6) is 1.24. The number of hydrogen-bond donors (Lipinski definition) is 2. The summed E-state index contributed by atoms with van der Waals surface area (Å²) in [5, 5.41) is 14.5. The molecule has 0 unspecified atom stereocenters. The van der Waals surface area contributed by atoms with Crippen LogP contribution in [-0.2, 0) is 0 Å². The van der Waals surface area contributed by atoms with E-state index in [-0.39, 0.29) is 5.91 Å². The Morgan fingerprint density at radius 1 is 1.21 bits per heavy atom. The smallest absolute Gasteiger partial charge is 0.277 e. The van der Waals surface area contributed by atoms with E-state index < -0.39 is 0 Å². The first-order chi connectivity index (χ1) is 14.2. The van der Waals surface area contributed by atoms with Crippen molar-refractivity contribution in [3.05, 3.63) is 35.7 Å². The van der Waals surface area contributed by atoms with Gasteiger partial charge in [-0.05, 0) is 63.2 Å². The number of hydrogen-bond acceptors (Lipinski definition) is 5. The summed E-state index contributed by atoms with van der Waals surface area (Å²) in [6.45, 7) is 4.73. The highest BCUT2D eigenvalue weighted by Gasteiger charge is 2.19. The summed E-state index contributed by atoms with van der Waals surface area (Å²) in [6.07, 6.45) is 10.2. The molecule has 1 saturated heterocycles. The molecule has 29 heavy (non-hydrogen) atoms. The van der Waals surface area contributed by atoms with Crippen LogP contribution in [0.5, 0.6) is 5.75 Å². The van der Waals surface area contributed by atoms with Gasteiger partial charge in [-0.15, -0.1) is 5.10 Å². The van der Waals surface area contributed by atoms with Crippen molar-refractivity contribution in [1.29, 1.82) is 0 Å². The first-order valence-corrected chi connectivity index (χ1v) is 10.9. The summed E-state index contributed by atoms with van der Waals surface area (Å²) in [4.78, 5) is 12.6. The van der Waals surface area contributed by atoms with E-state index in [0.29, 0.717) is 17.7 Å². The van der Waals surface area contributed by atoms with Gasteiger partial charge in [0.05, 0.1) is 18.8 Å². The molecule has 4 rings (SSSR count). The number of aryl methyl sites for hydroxylation is 1. The zero-order valence-electron chi connectivity index (χ0n) is 17.2. The minimum absolute atomic E-state index is 0.243. The van der Waals surface area contributed by atoms with Crippen molar-refractivity contribution >= 4 is 11.6 Å². The Morgan fingerprint density at radius 3 is 2.79 bits per heavy atom. The second kappa shape index (κ2) is 9.39. The van der Waals surface area contributed by atoms with Gasteiger partial charge in [0.2, 0.25) is 0 Å². The average molecular weight is 398 g/mol. The second-order valence-corrected chi connectivity index (χ2v) is 8.31. The van der Waals surface area contributed by atoms with Gasteiger partial charge in [0.1, 0.15) is 5.75 Å². The third-order valence-electron chi connectivity index (χ3n) is 6.07.